The monoisotopic (exact) mass is 379 g/mol. The Kier molecular flexibility index (Phi) is 6.37. The van der Waals surface area contributed by atoms with Gasteiger partial charge in [0.05, 0.1) is 5.25 Å². The van der Waals surface area contributed by atoms with Crippen LogP contribution in [0.3, 0.4) is 0 Å². The molecule has 1 heterocycles. The number of thioether (sulfide) groups is 1. The predicted octanol–water partition coefficient (Wildman–Crippen LogP) is 4.57. The Labute approximate surface area is 156 Å². The summed E-state index contributed by atoms with van der Waals surface area (Å²) in [6, 6.07) is 7.24. The molecule has 1 aliphatic rings. The smallest absolute Gasteiger partial charge is 0.277 e. The molecule has 25 heavy (non-hydrogen) atoms. The lowest BCUT2D eigenvalue weighted by Gasteiger charge is -2.22. The van der Waals surface area contributed by atoms with Gasteiger partial charge in [-0.3, -0.25) is 4.79 Å². The summed E-state index contributed by atoms with van der Waals surface area (Å²) >= 11 is 7.25. The molecule has 1 saturated carbocycles. The minimum absolute atomic E-state index is 0.0121. The van der Waals surface area contributed by atoms with E-state index >= 15 is 0 Å². The number of nitrogens with zero attached hydrogens (tertiary/aromatic N) is 2. The zero-order chi connectivity index (χ0) is 17.6. The van der Waals surface area contributed by atoms with Crippen LogP contribution in [0.4, 0.5) is 0 Å². The number of halogens is 1. The number of aromatic nitrogens is 2. The molecule has 1 fully saturated rings. The van der Waals surface area contributed by atoms with Crippen molar-refractivity contribution in [2.75, 3.05) is 6.54 Å². The van der Waals surface area contributed by atoms with Crippen molar-refractivity contribution in [2.24, 2.45) is 5.92 Å². The van der Waals surface area contributed by atoms with E-state index in [2.05, 4.69) is 15.5 Å². The van der Waals surface area contributed by atoms with Crippen molar-refractivity contribution in [2.45, 2.75) is 49.5 Å². The van der Waals surface area contributed by atoms with Gasteiger partial charge in [-0.2, -0.15) is 0 Å². The SMILES string of the molecule is CC(Sc1nnc(-c2cccc(Cl)c2)o1)C(=O)NCC1CCCCC1. The standard InChI is InChI=1S/C18H22ClN3O2S/c1-12(16(23)20-11-13-6-3-2-4-7-13)25-18-22-21-17(24-18)14-8-5-9-15(19)10-14/h5,8-10,12-13H,2-4,6-7,11H2,1H3,(H,20,23). The maximum Gasteiger partial charge on any atom is 0.277 e. The molecule has 134 valence electrons. The average Bonchev–Trinajstić information content (AvgIpc) is 3.09. The molecule has 1 N–H and O–H groups in total. The van der Waals surface area contributed by atoms with Gasteiger partial charge in [0.2, 0.25) is 11.8 Å². The van der Waals surface area contributed by atoms with Gasteiger partial charge < -0.3 is 9.73 Å². The third-order valence-electron chi connectivity index (χ3n) is 4.41. The van der Waals surface area contributed by atoms with Gasteiger partial charge in [-0.25, -0.2) is 0 Å². The fourth-order valence-corrected chi connectivity index (χ4v) is 3.88. The van der Waals surface area contributed by atoms with Crippen molar-refractivity contribution in [3.05, 3.63) is 29.3 Å². The molecule has 1 aromatic carbocycles. The van der Waals surface area contributed by atoms with E-state index in [0.29, 0.717) is 22.1 Å². The van der Waals surface area contributed by atoms with Crippen molar-refractivity contribution >= 4 is 29.3 Å². The van der Waals surface area contributed by atoms with E-state index in [1.54, 1.807) is 12.1 Å². The summed E-state index contributed by atoms with van der Waals surface area (Å²) in [7, 11) is 0. The van der Waals surface area contributed by atoms with Crippen LogP contribution >= 0.6 is 23.4 Å². The normalized spacial score (nSPS) is 16.6. The third kappa shape index (κ3) is 5.22. The highest BCUT2D eigenvalue weighted by atomic mass is 35.5. The van der Waals surface area contributed by atoms with Crippen LogP contribution in [0.1, 0.15) is 39.0 Å². The number of hydrogen-bond donors (Lipinski definition) is 1. The number of carbonyl (C=O) groups excluding carboxylic acids is 1. The van der Waals surface area contributed by atoms with E-state index in [9.17, 15) is 4.79 Å². The lowest BCUT2D eigenvalue weighted by atomic mass is 9.89. The quantitative estimate of drug-likeness (QED) is 0.744. The second kappa shape index (κ2) is 8.72. The van der Waals surface area contributed by atoms with Crippen LogP contribution in [0.25, 0.3) is 11.5 Å². The summed E-state index contributed by atoms with van der Waals surface area (Å²) in [5, 5.41) is 11.8. The summed E-state index contributed by atoms with van der Waals surface area (Å²) in [6.07, 6.45) is 6.31. The first-order valence-electron chi connectivity index (χ1n) is 8.65. The molecule has 0 spiro atoms. The molecule has 5 nitrogen and oxygen atoms in total. The Morgan fingerprint density at radius 2 is 2.16 bits per heavy atom. The van der Waals surface area contributed by atoms with E-state index in [4.69, 9.17) is 16.0 Å². The molecular formula is C18H22ClN3O2S. The Balaban J connectivity index is 1.52. The van der Waals surface area contributed by atoms with Crippen LogP contribution in [-0.4, -0.2) is 27.9 Å². The van der Waals surface area contributed by atoms with Gasteiger partial charge in [0, 0.05) is 17.1 Å². The van der Waals surface area contributed by atoms with E-state index in [1.165, 1.54) is 43.9 Å². The fourth-order valence-electron chi connectivity index (χ4n) is 2.98. The first kappa shape index (κ1) is 18.3. The summed E-state index contributed by atoms with van der Waals surface area (Å²) in [5.41, 5.74) is 0.765. The minimum atomic E-state index is -0.281. The summed E-state index contributed by atoms with van der Waals surface area (Å²) < 4.78 is 5.64. The molecule has 1 atom stereocenters. The Morgan fingerprint density at radius 3 is 2.92 bits per heavy atom. The number of nitrogens with one attached hydrogen (secondary N) is 1. The van der Waals surface area contributed by atoms with Crippen molar-refractivity contribution < 1.29 is 9.21 Å². The highest BCUT2D eigenvalue weighted by Gasteiger charge is 2.20. The molecule has 2 aromatic rings. The van der Waals surface area contributed by atoms with Gasteiger partial charge in [-0.05, 0) is 43.9 Å². The fraction of sp³-hybridized carbons (Fsp3) is 0.500. The van der Waals surface area contributed by atoms with Gasteiger partial charge in [0.25, 0.3) is 5.22 Å². The zero-order valence-electron chi connectivity index (χ0n) is 14.2. The highest BCUT2D eigenvalue weighted by Crippen LogP contribution is 2.28. The average molecular weight is 380 g/mol. The second-order valence-corrected chi connectivity index (χ2v) is 8.12. The molecule has 1 aromatic heterocycles. The number of hydrogen-bond acceptors (Lipinski definition) is 5. The van der Waals surface area contributed by atoms with Gasteiger partial charge in [0.15, 0.2) is 0 Å². The molecule has 0 aliphatic heterocycles. The third-order valence-corrected chi connectivity index (χ3v) is 5.58. The molecule has 0 radical (unpaired) electrons. The van der Waals surface area contributed by atoms with E-state index in [0.717, 1.165) is 12.1 Å². The largest absolute Gasteiger partial charge is 0.411 e. The van der Waals surface area contributed by atoms with Crippen molar-refractivity contribution in [3.63, 3.8) is 0 Å². The molecule has 1 amide bonds. The highest BCUT2D eigenvalue weighted by molar-refractivity contribution is 8.00. The van der Waals surface area contributed by atoms with E-state index in [1.807, 2.05) is 19.1 Å². The Hall–Kier alpha value is -1.53. The van der Waals surface area contributed by atoms with Gasteiger partial charge in [-0.15, -0.1) is 10.2 Å². The molecule has 1 unspecified atom stereocenters. The Morgan fingerprint density at radius 1 is 1.36 bits per heavy atom. The van der Waals surface area contributed by atoms with Crippen molar-refractivity contribution in [1.29, 1.82) is 0 Å². The molecule has 1 aliphatic carbocycles. The molecule has 3 rings (SSSR count). The van der Waals surface area contributed by atoms with Crippen LogP contribution in [0.5, 0.6) is 0 Å². The molecule has 7 heteroatoms. The van der Waals surface area contributed by atoms with Gasteiger partial charge in [0.1, 0.15) is 0 Å². The number of rotatable bonds is 6. The molecule has 0 saturated heterocycles. The zero-order valence-corrected chi connectivity index (χ0v) is 15.8. The van der Waals surface area contributed by atoms with E-state index in [-0.39, 0.29) is 11.2 Å². The summed E-state index contributed by atoms with van der Waals surface area (Å²) in [6.45, 7) is 2.62. The summed E-state index contributed by atoms with van der Waals surface area (Å²) in [4.78, 5) is 12.3. The van der Waals surface area contributed by atoms with Crippen LogP contribution in [-0.2, 0) is 4.79 Å². The van der Waals surface area contributed by atoms with Crippen LogP contribution in [0.2, 0.25) is 5.02 Å². The lowest BCUT2D eigenvalue weighted by molar-refractivity contribution is -0.120. The summed E-state index contributed by atoms with van der Waals surface area (Å²) in [5.74, 6) is 1.03. The number of carbonyl (C=O) groups is 1. The molecular weight excluding hydrogens is 358 g/mol. The van der Waals surface area contributed by atoms with Gasteiger partial charge >= 0.3 is 0 Å². The first-order chi connectivity index (χ1) is 12.1. The van der Waals surface area contributed by atoms with Crippen LogP contribution in [0.15, 0.2) is 33.9 Å². The van der Waals surface area contributed by atoms with Crippen molar-refractivity contribution in [1.82, 2.24) is 15.5 Å². The van der Waals surface area contributed by atoms with Crippen molar-refractivity contribution in [3.8, 4) is 11.5 Å². The van der Waals surface area contributed by atoms with Gasteiger partial charge in [-0.1, -0.05) is 48.7 Å². The molecule has 0 bridgehead atoms. The lowest BCUT2D eigenvalue weighted by Crippen LogP contribution is -2.35. The van der Waals surface area contributed by atoms with Crippen LogP contribution in [0, 0.1) is 5.92 Å². The maximum absolute atomic E-state index is 12.3. The maximum atomic E-state index is 12.3. The Bertz CT molecular complexity index is 716. The second-order valence-electron chi connectivity index (χ2n) is 6.39. The number of benzene rings is 1. The number of amides is 1. The minimum Gasteiger partial charge on any atom is -0.411 e. The van der Waals surface area contributed by atoms with Crippen LogP contribution < -0.4 is 5.32 Å². The van der Waals surface area contributed by atoms with E-state index < -0.39 is 0 Å². The topological polar surface area (TPSA) is 68.0 Å². The first-order valence-corrected chi connectivity index (χ1v) is 9.91. The predicted molar refractivity (Wildman–Crippen MR) is 99.6 cm³/mol.